The molecule has 1 aliphatic rings. The van der Waals surface area contributed by atoms with E-state index in [0.717, 1.165) is 16.1 Å². The fourth-order valence-electron chi connectivity index (χ4n) is 3.08. The van der Waals surface area contributed by atoms with Crippen molar-refractivity contribution in [2.75, 3.05) is 17.4 Å². The Kier molecular flexibility index (Phi) is 5.36. The van der Waals surface area contributed by atoms with Gasteiger partial charge in [-0.15, -0.1) is 0 Å². The van der Waals surface area contributed by atoms with E-state index in [0.29, 0.717) is 11.1 Å². The Balaban J connectivity index is 1.66. The van der Waals surface area contributed by atoms with Crippen LogP contribution in [0.2, 0.25) is 0 Å². The smallest absolute Gasteiger partial charge is 0.265 e. The van der Waals surface area contributed by atoms with Crippen molar-refractivity contribution in [1.82, 2.24) is 10.6 Å². The van der Waals surface area contributed by atoms with Gasteiger partial charge in [0.1, 0.15) is 6.54 Å². The van der Waals surface area contributed by atoms with Gasteiger partial charge in [-0.2, -0.15) is 0 Å². The molecule has 0 bridgehead atoms. The average Bonchev–Trinajstić information content (AvgIpc) is 2.85. The molecule has 0 fully saturated rings. The second kappa shape index (κ2) is 7.56. The molecule has 0 aliphatic carbocycles. The average molecular weight is 389 g/mol. The highest BCUT2D eigenvalue weighted by Gasteiger charge is 2.36. The maximum atomic E-state index is 12.8. The van der Waals surface area contributed by atoms with Gasteiger partial charge in [-0.05, 0) is 30.9 Å². The lowest BCUT2D eigenvalue weighted by Gasteiger charge is -2.18. The van der Waals surface area contributed by atoms with Gasteiger partial charge in [0, 0.05) is 24.4 Å². The minimum atomic E-state index is -3.76. The summed E-state index contributed by atoms with van der Waals surface area (Å²) in [5.74, 6) is -0.588. The van der Waals surface area contributed by atoms with E-state index < -0.39 is 15.9 Å². The Bertz CT molecular complexity index is 982. The van der Waals surface area contributed by atoms with Gasteiger partial charge < -0.3 is 10.6 Å². The molecule has 0 spiro atoms. The highest BCUT2D eigenvalue weighted by Crippen LogP contribution is 2.41. The summed E-state index contributed by atoms with van der Waals surface area (Å²) in [7, 11) is -3.76. The Morgan fingerprint density at radius 2 is 1.81 bits per heavy atom. The number of carbonyl (C=O) groups excluding carboxylic acids is 2. The first-order chi connectivity index (χ1) is 12.8. The molecule has 1 atom stereocenters. The van der Waals surface area contributed by atoms with Crippen LogP contribution in [0.25, 0.3) is 10.8 Å². The predicted molar refractivity (Wildman–Crippen MR) is 104 cm³/mol. The summed E-state index contributed by atoms with van der Waals surface area (Å²) >= 11 is 0. The van der Waals surface area contributed by atoms with E-state index >= 15 is 0 Å². The molecule has 7 nitrogen and oxygen atoms in total. The number of anilines is 1. The van der Waals surface area contributed by atoms with Crippen LogP contribution in [0.3, 0.4) is 0 Å². The third kappa shape index (κ3) is 3.75. The van der Waals surface area contributed by atoms with Gasteiger partial charge in [0.25, 0.3) is 10.0 Å². The third-order valence-corrected chi connectivity index (χ3v) is 6.46. The molecule has 8 heteroatoms. The van der Waals surface area contributed by atoms with Crippen LogP contribution in [0.1, 0.15) is 26.7 Å². The molecule has 0 saturated carbocycles. The molecule has 2 aromatic rings. The monoisotopic (exact) mass is 389 g/mol. The summed E-state index contributed by atoms with van der Waals surface area (Å²) in [5, 5.41) is 6.90. The second-order valence-corrected chi connectivity index (χ2v) is 8.45. The lowest BCUT2D eigenvalue weighted by atomic mass is 10.1. The summed E-state index contributed by atoms with van der Waals surface area (Å²) in [6.45, 7) is 3.73. The largest absolute Gasteiger partial charge is 0.354 e. The predicted octanol–water partition coefficient (Wildman–Crippen LogP) is 1.77. The molecule has 1 aliphatic heterocycles. The van der Waals surface area contributed by atoms with Gasteiger partial charge in [-0.3, -0.25) is 13.9 Å². The second-order valence-electron chi connectivity index (χ2n) is 6.62. The maximum absolute atomic E-state index is 12.8. The highest BCUT2D eigenvalue weighted by atomic mass is 32.2. The molecule has 1 unspecified atom stereocenters. The van der Waals surface area contributed by atoms with Gasteiger partial charge in [0.15, 0.2) is 0 Å². The summed E-state index contributed by atoms with van der Waals surface area (Å²) in [6.07, 6.45) is 0.982. The maximum Gasteiger partial charge on any atom is 0.265 e. The Morgan fingerprint density at radius 3 is 2.52 bits per heavy atom. The molecule has 3 rings (SSSR count). The van der Waals surface area contributed by atoms with Crippen LogP contribution in [0.4, 0.5) is 5.69 Å². The summed E-state index contributed by atoms with van der Waals surface area (Å²) in [6, 6.07) is 10.5. The van der Waals surface area contributed by atoms with E-state index in [4.69, 9.17) is 0 Å². The zero-order valence-electron chi connectivity index (χ0n) is 15.4. The van der Waals surface area contributed by atoms with Crippen molar-refractivity contribution in [3.8, 4) is 0 Å². The van der Waals surface area contributed by atoms with Gasteiger partial charge in [0.2, 0.25) is 11.8 Å². The fourth-order valence-corrected chi connectivity index (χ4v) is 4.75. The van der Waals surface area contributed by atoms with Crippen LogP contribution in [0.5, 0.6) is 0 Å². The number of amides is 2. The highest BCUT2D eigenvalue weighted by molar-refractivity contribution is 7.93. The minimum Gasteiger partial charge on any atom is -0.354 e. The standard InChI is InChI=1S/C19H23N3O4S/c1-3-13(2)21-17(23)10-11-20-18(24)12-22-15-8-4-6-14-7-5-9-16(19(14)15)27(22,25)26/h4-9,13H,3,10-12H2,1-2H3,(H,20,24)(H,21,23). The number of nitrogens with one attached hydrogen (secondary N) is 2. The van der Waals surface area contributed by atoms with Crippen LogP contribution in [0, 0.1) is 0 Å². The van der Waals surface area contributed by atoms with Crippen molar-refractivity contribution in [2.24, 2.45) is 0 Å². The molecule has 2 N–H and O–H groups in total. The van der Waals surface area contributed by atoms with E-state index in [1.807, 2.05) is 26.0 Å². The van der Waals surface area contributed by atoms with Crippen LogP contribution in [0.15, 0.2) is 41.3 Å². The zero-order chi connectivity index (χ0) is 19.6. The quantitative estimate of drug-likeness (QED) is 0.754. The molecule has 144 valence electrons. The molecule has 2 aromatic carbocycles. The van der Waals surface area contributed by atoms with E-state index in [-0.39, 0.29) is 36.4 Å². The van der Waals surface area contributed by atoms with E-state index in [1.165, 1.54) is 0 Å². The molecule has 27 heavy (non-hydrogen) atoms. The number of sulfonamides is 1. The van der Waals surface area contributed by atoms with Crippen molar-refractivity contribution in [3.05, 3.63) is 36.4 Å². The van der Waals surface area contributed by atoms with Crippen LogP contribution < -0.4 is 14.9 Å². The lowest BCUT2D eigenvalue weighted by Crippen LogP contribution is -2.40. The molecular weight excluding hydrogens is 366 g/mol. The number of carbonyl (C=O) groups is 2. The minimum absolute atomic E-state index is 0.0851. The third-order valence-electron chi connectivity index (χ3n) is 4.66. The first-order valence-electron chi connectivity index (χ1n) is 8.95. The van der Waals surface area contributed by atoms with Gasteiger partial charge >= 0.3 is 0 Å². The number of rotatable bonds is 7. The lowest BCUT2D eigenvalue weighted by molar-refractivity contribution is -0.122. The Hall–Kier alpha value is -2.61. The molecule has 0 aromatic heterocycles. The van der Waals surface area contributed by atoms with Gasteiger partial charge in [-0.25, -0.2) is 8.42 Å². The Labute approximate surface area is 158 Å². The number of benzene rings is 2. The van der Waals surface area contributed by atoms with Crippen molar-refractivity contribution in [2.45, 2.75) is 37.6 Å². The van der Waals surface area contributed by atoms with E-state index in [1.54, 1.807) is 24.3 Å². The summed E-state index contributed by atoms with van der Waals surface area (Å²) in [4.78, 5) is 24.2. The molecule has 0 radical (unpaired) electrons. The normalized spacial score (nSPS) is 15.6. The van der Waals surface area contributed by atoms with Crippen molar-refractivity contribution in [3.63, 3.8) is 0 Å². The molecule has 1 heterocycles. The van der Waals surface area contributed by atoms with Crippen molar-refractivity contribution >= 4 is 38.3 Å². The van der Waals surface area contributed by atoms with Crippen molar-refractivity contribution < 1.29 is 18.0 Å². The zero-order valence-corrected chi connectivity index (χ0v) is 16.2. The first kappa shape index (κ1) is 19.2. The molecular formula is C19H23N3O4S. The SMILES string of the molecule is CCC(C)NC(=O)CCNC(=O)CN1c2cccc3cccc(c23)S1(=O)=O. The van der Waals surface area contributed by atoms with E-state index in [9.17, 15) is 18.0 Å². The number of hydrogen-bond acceptors (Lipinski definition) is 4. The Morgan fingerprint density at radius 1 is 1.11 bits per heavy atom. The molecule has 2 amide bonds. The van der Waals surface area contributed by atoms with Gasteiger partial charge in [-0.1, -0.05) is 31.2 Å². The first-order valence-corrected chi connectivity index (χ1v) is 10.4. The van der Waals surface area contributed by atoms with E-state index in [2.05, 4.69) is 10.6 Å². The van der Waals surface area contributed by atoms with Crippen LogP contribution in [-0.2, 0) is 19.6 Å². The summed E-state index contributed by atoms with van der Waals surface area (Å²) < 4.78 is 26.8. The van der Waals surface area contributed by atoms with Gasteiger partial charge in [0.05, 0.1) is 10.6 Å². The number of hydrogen-bond donors (Lipinski definition) is 2. The van der Waals surface area contributed by atoms with Crippen LogP contribution >= 0.6 is 0 Å². The molecule has 0 saturated heterocycles. The van der Waals surface area contributed by atoms with Crippen molar-refractivity contribution in [1.29, 1.82) is 0 Å². The fraction of sp³-hybridized carbons (Fsp3) is 0.368. The topological polar surface area (TPSA) is 95.6 Å². The number of nitrogens with zero attached hydrogens (tertiary/aromatic N) is 1. The summed E-state index contributed by atoms with van der Waals surface area (Å²) in [5.41, 5.74) is 0.507. The van der Waals surface area contributed by atoms with Crippen LogP contribution in [-0.4, -0.2) is 39.4 Å².